The van der Waals surface area contributed by atoms with Crippen LogP contribution in [-0.4, -0.2) is 0 Å². The molecule has 256 valence electrons. The van der Waals surface area contributed by atoms with Gasteiger partial charge in [-0.1, -0.05) is 161 Å². The monoisotopic (exact) mass is 609 g/mol. The third-order valence-corrected chi connectivity index (χ3v) is 14.4. The second-order valence-electron chi connectivity index (χ2n) is 17.2. The molecule has 5 unspecified atom stereocenters. The van der Waals surface area contributed by atoms with Gasteiger partial charge >= 0.3 is 0 Å². The molecule has 5 aliphatic carbocycles. The normalized spacial score (nSPS) is 33.4. The Bertz CT molecular complexity index is 745. The van der Waals surface area contributed by atoms with Crippen LogP contribution in [0.3, 0.4) is 0 Å². The molecule has 0 aromatic heterocycles. The van der Waals surface area contributed by atoms with Crippen molar-refractivity contribution in [3.63, 3.8) is 0 Å². The summed E-state index contributed by atoms with van der Waals surface area (Å²) in [6.45, 7) is 12.2. The molecule has 0 aliphatic heterocycles. The zero-order valence-electron chi connectivity index (χ0n) is 30.9. The molecule has 5 atom stereocenters. The van der Waals surface area contributed by atoms with Crippen molar-refractivity contribution in [3.05, 3.63) is 11.6 Å². The number of hydrogen-bond acceptors (Lipinski definition) is 0. The molecule has 0 N–H and O–H groups in total. The molecule has 0 heteroatoms. The first-order valence-corrected chi connectivity index (χ1v) is 21.3. The van der Waals surface area contributed by atoms with Crippen molar-refractivity contribution in [2.24, 2.45) is 59.2 Å². The van der Waals surface area contributed by atoms with Gasteiger partial charge < -0.3 is 0 Å². The van der Waals surface area contributed by atoms with Crippen molar-refractivity contribution in [2.45, 2.75) is 208 Å². The molecule has 0 spiro atoms. The third-order valence-electron chi connectivity index (χ3n) is 14.4. The van der Waals surface area contributed by atoms with Crippen molar-refractivity contribution in [2.75, 3.05) is 0 Å². The highest BCUT2D eigenvalue weighted by Crippen LogP contribution is 2.48. The van der Waals surface area contributed by atoms with E-state index in [1.54, 1.807) is 44.1 Å². The molecule has 0 bridgehead atoms. The summed E-state index contributed by atoms with van der Waals surface area (Å²) >= 11 is 0. The molecule has 4 fully saturated rings. The van der Waals surface area contributed by atoms with Gasteiger partial charge in [0.2, 0.25) is 0 Å². The van der Waals surface area contributed by atoms with E-state index in [1.165, 1.54) is 135 Å². The van der Waals surface area contributed by atoms with Gasteiger partial charge in [-0.2, -0.15) is 0 Å². The average Bonchev–Trinajstić information content (AvgIpc) is 3.48. The molecule has 0 aromatic rings. The number of rotatable bonds is 13. The van der Waals surface area contributed by atoms with Crippen LogP contribution < -0.4 is 0 Å². The van der Waals surface area contributed by atoms with Gasteiger partial charge in [0.1, 0.15) is 0 Å². The van der Waals surface area contributed by atoms with E-state index in [0.717, 1.165) is 59.2 Å². The minimum atomic E-state index is 0.956. The van der Waals surface area contributed by atoms with Gasteiger partial charge in [-0.3, -0.25) is 0 Å². The lowest BCUT2D eigenvalue weighted by molar-refractivity contribution is 0.0703. The lowest BCUT2D eigenvalue weighted by Crippen LogP contribution is -2.33. The standard InChI is InChI=1S/C26H50.C18H30/c1-5-9-10-12-17-25(24-15-13-11-14-16-24)20-21-18-22(6-2)26(8-4)23(7-3)19-21;1-14-12-17(15-8-4-2-5-9-15)13-18(14)16-10-6-3-7-11-16/h21-26H,5-20H2,1-4H3;12,15-18H,2-11,13H2,1H3. The van der Waals surface area contributed by atoms with Crippen molar-refractivity contribution < 1.29 is 0 Å². The third kappa shape index (κ3) is 10.9. The largest absolute Gasteiger partial charge is 0.0819 e. The summed E-state index contributed by atoms with van der Waals surface area (Å²) in [6.07, 6.45) is 43.3. The zero-order valence-corrected chi connectivity index (χ0v) is 30.9. The van der Waals surface area contributed by atoms with E-state index in [9.17, 15) is 0 Å². The molecule has 0 radical (unpaired) electrons. The van der Waals surface area contributed by atoms with E-state index in [1.807, 2.05) is 0 Å². The minimum Gasteiger partial charge on any atom is -0.0819 e. The van der Waals surface area contributed by atoms with Gasteiger partial charge in [-0.05, 0) is 117 Å². The highest BCUT2D eigenvalue weighted by molar-refractivity contribution is 5.16. The summed E-state index contributed by atoms with van der Waals surface area (Å²) < 4.78 is 0. The van der Waals surface area contributed by atoms with E-state index in [4.69, 9.17) is 0 Å². The highest BCUT2D eigenvalue weighted by atomic mass is 14.4. The van der Waals surface area contributed by atoms with E-state index >= 15 is 0 Å². The van der Waals surface area contributed by atoms with Crippen LogP contribution in [0.25, 0.3) is 0 Å². The first-order chi connectivity index (χ1) is 21.6. The van der Waals surface area contributed by atoms with Gasteiger partial charge in [-0.15, -0.1) is 0 Å². The van der Waals surface area contributed by atoms with Gasteiger partial charge in [0, 0.05) is 0 Å². The molecular weight excluding hydrogens is 528 g/mol. The molecule has 44 heavy (non-hydrogen) atoms. The Morgan fingerprint density at radius 2 is 1.18 bits per heavy atom. The maximum Gasteiger partial charge on any atom is -0.0172 e. The van der Waals surface area contributed by atoms with Crippen LogP contribution in [-0.2, 0) is 0 Å². The smallest absolute Gasteiger partial charge is 0.0172 e. The summed E-state index contributed by atoms with van der Waals surface area (Å²) in [4.78, 5) is 0. The Balaban J connectivity index is 0.000000213. The van der Waals surface area contributed by atoms with E-state index in [2.05, 4.69) is 40.7 Å². The zero-order chi connectivity index (χ0) is 31.1. The summed E-state index contributed by atoms with van der Waals surface area (Å²) in [5.74, 6) is 10.3. The van der Waals surface area contributed by atoms with E-state index in [0.29, 0.717) is 0 Å². The first kappa shape index (κ1) is 36.6. The van der Waals surface area contributed by atoms with E-state index in [-0.39, 0.29) is 0 Å². The van der Waals surface area contributed by atoms with Gasteiger partial charge in [0.05, 0.1) is 0 Å². The van der Waals surface area contributed by atoms with E-state index < -0.39 is 0 Å². The molecule has 0 heterocycles. The van der Waals surface area contributed by atoms with Gasteiger partial charge in [0.15, 0.2) is 0 Å². The Morgan fingerprint density at radius 3 is 1.73 bits per heavy atom. The predicted molar refractivity (Wildman–Crippen MR) is 196 cm³/mol. The first-order valence-electron chi connectivity index (χ1n) is 21.3. The minimum absolute atomic E-state index is 0.956. The highest BCUT2D eigenvalue weighted by Gasteiger charge is 2.37. The molecule has 0 aromatic carbocycles. The van der Waals surface area contributed by atoms with Crippen molar-refractivity contribution in [1.29, 1.82) is 0 Å². The summed E-state index contributed by atoms with van der Waals surface area (Å²) in [6, 6.07) is 0. The van der Waals surface area contributed by atoms with Crippen molar-refractivity contribution in [3.8, 4) is 0 Å². The van der Waals surface area contributed by atoms with Crippen LogP contribution in [0.2, 0.25) is 0 Å². The molecule has 5 aliphatic rings. The Hall–Kier alpha value is -0.260. The molecule has 0 saturated heterocycles. The van der Waals surface area contributed by atoms with Crippen LogP contribution in [0.4, 0.5) is 0 Å². The fourth-order valence-electron chi connectivity index (χ4n) is 11.9. The Morgan fingerprint density at radius 1 is 0.614 bits per heavy atom. The second-order valence-corrected chi connectivity index (χ2v) is 17.2. The maximum absolute atomic E-state index is 2.69. The Kier molecular flexibility index (Phi) is 16.8. The fourth-order valence-corrected chi connectivity index (χ4v) is 11.9. The number of allylic oxidation sites excluding steroid dienone is 2. The van der Waals surface area contributed by atoms with Crippen LogP contribution in [0.15, 0.2) is 11.6 Å². The molecule has 4 saturated carbocycles. The number of unbranched alkanes of at least 4 members (excludes halogenated alkanes) is 3. The SMILES string of the molecule is CC1=CC(C2CCCCC2)CC1C1CCCCC1.CCCCCCC(CC1CC(CC)C(CC)C(CC)C1)C1CCCCC1. The number of hydrogen-bond donors (Lipinski definition) is 0. The fraction of sp³-hybridized carbons (Fsp3) is 0.955. The quantitative estimate of drug-likeness (QED) is 0.144. The van der Waals surface area contributed by atoms with Crippen LogP contribution in [0, 0.1) is 59.2 Å². The topological polar surface area (TPSA) is 0 Å². The maximum atomic E-state index is 2.69. The van der Waals surface area contributed by atoms with Crippen LogP contribution in [0.5, 0.6) is 0 Å². The van der Waals surface area contributed by atoms with Crippen molar-refractivity contribution in [1.82, 2.24) is 0 Å². The summed E-state index contributed by atoms with van der Waals surface area (Å²) in [7, 11) is 0. The Labute approximate surface area is 278 Å². The predicted octanol–water partition coefficient (Wildman–Crippen LogP) is 14.8. The van der Waals surface area contributed by atoms with Crippen molar-refractivity contribution >= 4 is 0 Å². The molecule has 0 nitrogen and oxygen atoms in total. The summed E-state index contributed by atoms with van der Waals surface area (Å²) in [5.41, 5.74) is 1.76. The van der Waals surface area contributed by atoms with Crippen LogP contribution in [0.1, 0.15) is 208 Å². The van der Waals surface area contributed by atoms with Gasteiger partial charge in [0.25, 0.3) is 0 Å². The molecule has 0 amide bonds. The lowest BCUT2D eigenvalue weighted by atomic mass is 9.62. The summed E-state index contributed by atoms with van der Waals surface area (Å²) in [5, 5.41) is 0. The van der Waals surface area contributed by atoms with Crippen LogP contribution >= 0.6 is 0 Å². The molecular formula is C44H80. The van der Waals surface area contributed by atoms with Gasteiger partial charge in [-0.25, -0.2) is 0 Å². The average molecular weight is 609 g/mol. The second kappa shape index (κ2) is 20.2. The molecule has 5 rings (SSSR count). The lowest BCUT2D eigenvalue weighted by Gasteiger charge is -2.43.